The summed E-state index contributed by atoms with van der Waals surface area (Å²) in [5.41, 5.74) is -5.66. The van der Waals surface area contributed by atoms with Gasteiger partial charge < -0.3 is 9.08 Å². The van der Waals surface area contributed by atoms with Gasteiger partial charge in [0.05, 0.1) is 4.92 Å². The van der Waals surface area contributed by atoms with Gasteiger partial charge in [-0.25, -0.2) is 0 Å². The minimum atomic E-state index is -6.03. The van der Waals surface area contributed by atoms with Gasteiger partial charge in [0.15, 0.2) is 0 Å². The van der Waals surface area contributed by atoms with Crippen LogP contribution in [0.4, 0.5) is 18.9 Å². The van der Waals surface area contributed by atoms with Crippen LogP contribution in [0.15, 0.2) is 12.1 Å². The summed E-state index contributed by atoms with van der Waals surface area (Å²) in [6.07, 6.45) is 4.42. The summed E-state index contributed by atoms with van der Waals surface area (Å²) in [6, 6.07) is 2.50. The number of benzene rings is 1. The molecule has 1 saturated heterocycles. The van der Waals surface area contributed by atoms with Gasteiger partial charge in [-0.05, 0) is 69.8 Å². The van der Waals surface area contributed by atoms with Crippen LogP contribution in [0.2, 0.25) is 0 Å². The maximum atomic E-state index is 12.9. The van der Waals surface area contributed by atoms with Crippen molar-refractivity contribution in [2.75, 3.05) is 13.6 Å². The Morgan fingerprint density at radius 2 is 1.93 bits per heavy atom. The number of hydrogen-bond acceptors (Lipinski definition) is 6. The Bertz CT molecular complexity index is 950. The fourth-order valence-electron chi connectivity index (χ4n) is 5.22. The number of aryl methyl sites for hydroxylation is 1. The maximum absolute atomic E-state index is 12.9. The molecular formula is C19H25F3N2O5S. The first kappa shape index (κ1) is 22.8. The summed E-state index contributed by atoms with van der Waals surface area (Å²) in [4.78, 5) is 12.7. The third-order valence-corrected chi connectivity index (χ3v) is 7.77. The lowest BCUT2D eigenvalue weighted by Crippen LogP contribution is -2.55. The van der Waals surface area contributed by atoms with Crippen LogP contribution in [-0.4, -0.2) is 43.4 Å². The SMILES string of the molecule is Cc1cc([N+](=O)[O-])c(OS(=O)(=O)C(F)(F)F)cc1C12CCCCC1C(C)N(C)CC2. The second-order valence-electron chi connectivity index (χ2n) is 8.35. The predicted octanol–water partition coefficient (Wildman–Crippen LogP) is 4.28. The lowest BCUT2D eigenvalue weighted by Gasteiger charge is -2.54. The monoisotopic (exact) mass is 450 g/mol. The molecule has 0 radical (unpaired) electrons. The molecule has 30 heavy (non-hydrogen) atoms. The molecule has 0 amide bonds. The maximum Gasteiger partial charge on any atom is 0.534 e. The zero-order valence-electron chi connectivity index (χ0n) is 17.0. The number of nitrogens with zero attached hydrogens (tertiary/aromatic N) is 2. The zero-order valence-corrected chi connectivity index (χ0v) is 17.8. The van der Waals surface area contributed by atoms with E-state index in [2.05, 4.69) is 16.0 Å². The molecule has 2 fully saturated rings. The molecule has 3 rings (SSSR count). The highest BCUT2D eigenvalue weighted by Crippen LogP contribution is 2.53. The minimum absolute atomic E-state index is 0.206. The fourth-order valence-corrected chi connectivity index (χ4v) is 5.68. The van der Waals surface area contributed by atoms with Gasteiger partial charge in [0.1, 0.15) is 0 Å². The van der Waals surface area contributed by atoms with E-state index in [1.807, 2.05) is 7.05 Å². The molecule has 1 saturated carbocycles. The molecule has 0 spiro atoms. The summed E-state index contributed by atoms with van der Waals surface area (Å²) < 4.78 is 66.0. The quantitative estimate of drug-likeness (QED) is 0.294. The number of nitro benzene ring substituents is 1. The molecule has 0 aromatic heterocycles. The standard InChI is InChI=1S/C19H25F3N2O5S/c1-12-10-16(24(25)26)17(29-30(27,28)19(20,21)22)11-15(12)18-7-5-4-6-14(18)13(2)23(3)9-8-18/h10-11,13-14H,4-9H2,1-3H3. The highest BCUT2D eigenvalue weighted by Gasteiger charge is 2.51. The van der Waals surface area contributed by atoms with E-state index in [1.54, 1.807) is 6.92 Å². The Labute approximate surface area is 173 Å². The van der Waals surface area contributed by atoms with Gasteiger partial charge in [-0.1, -0.05) is 12.8 Å². The summed E-state index contributed by atoms with van der Waals surface area (Å²) in [5.74, 6) is -0.680. The molecule has 0 N–H and O–H groups in total. The Balaban J connectivity index is 2.17. The van der Waals surface area contributed by atoms with Gasteiger partial charge in [0.25, 0.3) is 0 Å². The highest BCUT2D eigenvalue weighted by atomic mass is 32.2. The molecular weight excluding hydrogens is 425 g/mol. The average Bonchev–Trinajstić information content (AvgIpc) is 2.65. The first-order valence-corrected chi connectivity index (χ1v) is 11.2. The molecule has 2 aliphatic rings. The van der Waals surface area contributed by atoms with Crippen LogP contribution in [0.5, 0.6) is 5.75 Å². The first-order chi connectivity index (χ1) is 13.8. The van der Waals surface area contributed by atoms with Gasteiger partial charge in [0, 0.05) is 17.5 Å². The third kappa shape index (κ3) is 3.77. The van der Waals surface area contributed by atoms with E-state index < -0.39 is 32.0 Å². The van der Waals surface area contributed by atoms with E-state index in [0.717, 1.165) is 50.8 Å². The highest BCUT2D eigenvalue weighted by molar-refractivity contribution is 7.88. The molecule has 1 aliphatic carbocycles. The van der Waals surface area contributed by atoms with E-state index in [9.17, 15) is 31.7 Å². The van der Waals surface area contributed by atoms with Crippen LogP contribution in [-0.2, 0) is 15.5 Å². The normalized spacial score (nSPS) is 28.1. The number of nitro groups is 1. The Morgan fingerprint density at radius 1 is 1.27 bits per heavy atom. The average molecular weight is 450 g/mol. The van der Waals surface area contributed by atoms with Crippen LogP contribution in [0.1, 0.15) is 50.2 Å². The van der Waals surface area contributed by atoms with Crippen molar-refractivity contribution in [1.29, 1.82) is 0 Å². The van der Waals surface area contributed by atoms with Gasteiger partial charge in [-0.3, -0.25) is 10.1 Å². The van der Waals surface area contributed by atoms with Crippen LogP contribution in [0.25, 0.3) is 0 Å². The fraction of sp³-hybridized carbons (Fsp3) is 0.684. The second-order valence-corrected chi connectivity index (χ2v) is 9.89. The molecule has 1 heterocycles. The molecule has 3 atom stereocenters. The van der Waals surface area contributed by atoms with Crippen molar-refractivity contribution in [3.8, 4) is 5.75 Å². The third-order valence-electron chi connectivity index (χ3n) is 6.81. The van der Waals surface area contributed by atoms with Crippen LogP contribution >= 0.6 is 0 Å². The van der Waals surface area contributed by atoms with Crippen LogP contribution < -0.4 is 4.18 Å². The van der Waals surface area contributed by atoms with Crippen molar-refractivity contribution in [3.63, 3.8) is 0 Å². The second kappa shape index (κ2) is 7.67. The number of halogens is 3. The number of fused-ring (bicyclic) bond motifs is 1. The van der Waals surface area contributed by atoms with Crippen LogP contribution in [0, 0.1) is 23.0 Å². The van der Waals surface area contributed by atoms with Crippen molar-refractivity contribution in [3.05, 3.63) is 33.4 Å². The molecule has 3 unspecified atom stereocenters. The Morgan fingerprint density at radius 3 is 2.53 bits per heavy atom. The molecule has 1 aromatic carbocycles. The van der Waals surface area contributed by atoms with E-state index >= 15 is 0 Å². The number of rotatable bonds is 4. The molecule has 168 valence electrons. The molecule has 1 aliphatic heterocycles. The lowest BCUT2D eigenvalue weighted by molar-refractivity contribution is -0.385. The van der Waals surface area contributed by atoms with Crippen molar-refractivity contribution in [2.45, 2.75) is 62.9 Å². The zero-order chi connectivity index (χ0) is 22.5. The first-order valence-electron chi connectivity index (χ1n) is 9.81. The van der Waals surface area contributed by atoms with E-state index in [-0.39, 0.29) is 17.4 Å². The van der Waals surface area contributed by atoms with Crippen LogP contribution in [0.3, 0.4) is 0 Å². The molecule has 1 aromatic rings. The largest absolute Gasteiger partial charge is 0.534 e. The predicted molar refractivity (Wildman–Crippen MR) is 104 cm³/mol. The van der Waals surface area contributed by atoms with Gasteiger partial charge in [-0.15, -0.1) is 0 Å². The lowest BCUT2D eigenvalue weighted by atomic mass is 9.56. The Hall–Kier alpha value is -1.88. The van der Waals surface area contributed by atoms with Gasteiger partial charge in [-0.2, -0.15) is 21.6 Å². The molecule has 11 heteroatoms. The number of hydrogen-bond donors (Lipinski definition) is 0. The number of likely N-dealkylation sites (tertiary alicyclic amines) is 1. The minimum Gasteiger partial charge on any atom is -0.369 e. The summed E-state index contributed by atoms with van der Waals surface area (Å²) in [5, 5.41) is 11.4. The van der Waals surface area contributed by atoms with Gasteiger partial charge >= 0.3 is 21.3 Å². The van der Waals surface area contributed by atoms with Crippen molar-refractivity contribution < 1.29 is 30.7 Å². The van der Waals surface area contributed by atoms with Gasteiger partial charge in [0.2, 0.25) is 5.75 Å². The topological polar surface area (TPSA) is 89.7 Å². The summed E-state index contributed by atoms with van der Waals surface area (Å²) >= 11 is 0. The van der Waals surface area contributed by atoms with E-state index in [0.29, 0.717) is 11.1 Å². The number of piperidine rings is 1. The van der Waals surface area contributed by atoms with Crippen molar-refractivity contribution in [1.82, 2.24) is 4.90 Å². The smallest absolute Gasteiger partial charge is 0.369 e. The molecule has 0 bridgehead atoms. The van der Waals surface area contributed by atoms with Crippen molar-refractivity contribution >= 4 is 15.8 Å². The summed E-state index contributed by atoms with van der Waals surface area (Å²) in [7, 11) is -4.01. The van der Waals surface area contributed by atoms with E-state index in [4.69, 9.17) is 0 Å². The summed E-state index contributed by atoms with van der Waals surface area (Å²) in [6.45, 7) is 4.55. The van der Waals surface area contributed by atoms with E-state index in [1.165, 1.54) is 0 Å². The molecule has 7 nitrogen and oxygen atoms in total. The number of alkyl halides is 3. The van der Waals surface area contributed by atoms with Crippen molar-refractivity contribution in [2.24, 2.45) is 5.92 Å². The Kier molecular flexibility index (Phi) is 5.83.